The highest BCUT2D eigenvalue weighted by atomic mass is 19.1. The number of hydrogen-bond donors (Lipinski definition) is 2. The average Bonchev–Trinajstić information content (AvgIpc) is 2.33. The predicted octanol–water partition coefficient (Wildman–Crippen LogP) is 3.09. The first-order valence-corrected chi connectivity index (χ1v) is 5.43. The fraction of sp³-hybridized carbons (Fsp3) is 0.0714. The number of nitrogens with one attached hydrogen (secondary N) is 1. The zero-order valence-electron chi connectivity index (χ0n) is 9.77. The van der Waals surface area contributed by atoms with Gasteiger partial charge in [0.15, 0.2) is 0 Å². The summed E-state index contributed by atoms with van der Waals surface area (Å²) < 4.78 is 13.5. The van der Waals surface area contributed by atoms with Gasteiger partial charge in [0, 0.05) is 5.56 Å². The maximum Gasteiger partial charge on any atom is 0.255 e. The summed E-state index contributed by atoms with van der Waals surface area (Å²) in [5.41, 5.74) is 1.28. The normalized spacial score (nSPS) is 10.1. The lowest BCUT2D eigenvalue weighted by atomic mass is 10.2. The summed E-state index contributed by atoms with van der Waals surface area (Å²) in [6.45, 7) is 1.77. The van der Waals surface area contributed by atoms with Gasteiger partial charge in [-0.15, -0.1) is 0 Å². The van der Waals surface area contributed by atoms with Crippen molar-refractivity contribution in [2.45, 2.75) is 6.92 Å². The number of benzene rings is 2. The topological polar surface area (TPSA) is 49.3 Å². The van der Waals surface area contributed by atoms with Crippen LogP contribution in [0.1, 0.15) is 15.9 Å². The van der Waals surface area contributed by atoms with E-state index in [9.17, 15) is 9.18 Å². The Kier molecular flexibility index (Phi) is 3.28. The summed E-state index contributed by atoms with van der Waals surface area (Å²) >= 11 is 0. The quantitative estimate of drug-likeness (QED) is 0.854. The number of amides is 1. The van der Waals surface area contributed by atoms with Crippen LogP contribution in [0.2, 0.25) is 0 Å². The van der Waals surface area contributed by atoms with Gasteiger partial charge in [0.25, 0.3) is 5.91 Å². The number of phenols is 1. The van der Waals surface area contributed by atoms with Gasteiger partial charge in [-0.05, 0) is 48.9 Å². The Morgan fingerprint density at radius 1 is 1.17 bits per heavy atom. The van der Waals surface area contributed by atoms with Gasteiger partial charge >= 0.3 is 0 Å². The highest BCUT2D eigenvalue weighted by Crippen LogP contribution is 2.17. The molecule has 2 N–H and O–H groups in total. The number of carbonyl (C=O) groups excluding carboxylic acids is 1. The molecule has 0 saturated carbocycles. The van der Waals surface area contributed by atoms with Gasteiger partial charge in [-0.3, -0.25) is 4.79 Å². The van der Waals surface area contributed by atoms with Crippen LogP contribution in [-0.2, 0) is 0 Å². The number of hydrogen-bond acceptors (Lipinski definition) is 2. The summed E-state index contributed by atoms with van der Waals surface area (Å²) in [7, 11) is 0. The Bertz CT molecular complexity index is 579. The lowest BCUT2D eigenvalue weighted by Gasteiger charge is -2.07. The van der Waals surface area contributed by atoms with Crippen LogP contribution in [0.5, 0.6) is 5.75 Å². The molecule has 0 spiro atoms. The lowest BCUT2D eigenvalue weighted by molar-refractivity contribution is 0.102. The predicted molar refractivity (Wildman–Crippen MR) is 67.2 cm³/mol. The molecule has 4 heteroatoms. The molecule has 0 heterocycles. The Hall–Kier alpha value is -2.36. The number of aryl methyl sites for hydroxylation is 1. The van der Waals surface area contributed by atoms with E-state index in [0.717, 1.165) is 5.56 Å². The third-order valence-electron chi connectivity index (χ3n) is 2.50. The first kappa shape index (κ1) is 12.1. The molecular formula is C14H12FNO2. The molecule has 92 valence electrons. The second-order valence-electron chi connectivity index (χ2n) is 3.98. The van der Waals surface area contributed by atoms with Gasteiger partial charge < -0.3 is 10.4 Å². The van der Waals surface area contributed by atoms with Crippen molar-refractivity contribution < 1.29 is 14.3 Å². The van der Waals surface area contributed by atoms with E-state index in [1.54, 1.807) is 13.0 Å². The first-order valence-electron chi connectivity index (χ1n) is 5.43. The smallest absolute Gasteiger partial charge is 0.255 e. The zero-order valence-corrected chi connectivity index (χ0v) is 9.77. The molecule has 2 aromatic carbocycles. The summed E-state index contributed by atoms with van der Waals surface area (Å²) in [5.74, 6) is -0.812. The molecule has 0 aromatic heterocycles. The van der Waals surface area contributed by atoms with Gasteiger partial charge in [0.05, 0.1) is 5.69 Å². The maximum absolute atomic E-state index is 13.5. The fourth-order valence-corrected chi connectivity index (χ4v) is 1.53. The molecule has 0 aliphatic rings. The molecule has 3 nitrogen and oxygen atoms in total. The van der Waals surface area contributed by atoms with Crippen molar-refractivity contribution in [2.24, 2.45) is 0 Å². The molecule has 0 saturated heterocycles. The van der Waals surface area contributed by atoms with Crippen molar-refractivity contribution in [1.82, 2.24) is 0 Å². The minimum atomic E-state index is -0.470. The Morgan fingerprint density at radius 3 is 2.44 bits per heavy atom. The monoisotopic (exact) mass is 245 g/mol. The van der Waals surface area contributed by atoms with Gasteiger partial charge in [-0.25, -0.2) is 4.39 Å². The molecule has 0 radical (unpaired) electrons. The second kappa shape index (κ2) is 4.87. The molecular weight excluding hydrogens is 233 g/mol. The van der Waals surface area contributed by atoms with E-state index < -0.39 is 11.7 Å². The molecule has 0 aliphatic carbocycles. The highest BCUT2D eigenvalue weighted by molar-refractivity contribution is 6.04. The zero-order chi connectivity index (χ0) is 13.1. The number of halogens is 1. The van der Waals surface area contributed by atoms with Gasteiger partial charge in [-0.2, -0.15) is 0 Å². The summed E-state index contributed by atoms with van der Waals surface area (Å²) in [4.78, 5) is 11.8. The third-order valence-corrected chi connectivity index (χ3v) is 2.50. The van der Waals surface area contributed by atoms with Crippen molar-refractivity contribution in [1.29, 1.82) is 0 Å². The summed E-state index contributed by atoms with van der Waals surface area (Å²) in [5, 5.41) is 11.6. The third kappa shape index (κ3) is 2.66. The van der Waals surface area contributed by atoms with Crippen molar-refractivity contribution >= 4 is 11.6 Å². The molecule has 2 aromatic rings. The van der Waals surface area contributed by atoms with Crippen LogP contribution in [0.25, 0.3) is 0 Å². The molecule has 0 unspecified atom stereocenters. The first-order chi connectivity index (χ1) is 8.56. The standard InChI is InChI=1S/C14H12FNO2/c1-9-2-7-13(12(15)8-9)16-14(18)10-3-5-11(17)6-4-10/h2-8,17H,1H3,(H,16,18). The minimum Gasteiger partial charge on any atom is -0.508 e. The van der Waals surface area contributed by atoms with E-state index in [0.29, 0.717) is 5.56 Å². The Morgan fingerprint density at radius 2 is 1.83 bits per heavy atom. The number of phenolic OH excluding ortho intramolecular Hbond substituents is 1. The molecule has 0 bridgehead atoms. The van der Waals surface area contributed by atoms with Crippen LogP contribution in [0.3, 0.4) is 0 Å². The van der Waals surface area contributed by atoms with Gasteiger partial charge in [0.1, 0.15) is 11.6 Å². The van der Waals surface area contributed by atoms with Crippen molar-refractivity contribution in [3.63, 3.8) is 0 Å². The fourth-order valence-electron chi connectivity index (χ4n) is 1.53. The van der Waals surface area contributed by atoms with E-state index in [2.05, 4.69) is 5.32 Å². The SMILES string of the molecule is Cc1ccc(NC(=O)c2ccc(O)cc2)c(F)c1. The Labute approximate surface area is 104 Å². The summed E-state index contributed by atoms with van der Waals surface area (Å²) in [6, 6.07) is 10.3. The van der Waals surface area contributed by atoms with Crippen molar-refractivity contribution in [3.05, 3.63) is 59.4 Å². The lowest BCUT2D eigenvalue weighted by Crippen LogP contribution is -2.12. The number of anilines is 1. The average molecular weight is 245 g/mol. The summed E-state index contributed by atoms with van der Waals surface area (Å²) in [6.07, 6.45) is 0. The highest BCUT2D eigenvalue weighted by Gasteiger charge is 2.09. The van der Waals surface area contributed by atoms with Crippen LogP contribution in [-0.4, -0.2) is 11.0 Å². The molecule has 0 atom stereocenters. The van der Waals surface area contributed by atoms with E-state index >= 15 is 0 Å². The van der Waals surface area contributed by atoms with Crippen LogP contribution >= 0.6 is 0 Å². The van der Waals surface area contributed by atoms with E-state index in [4.69, 9.17) is 5.11 Å². The number of aromatic hydroxyl groups is 1. The number of rotatable bonds is 2. The largest absolute Gasteiger partial charge is 0.508 e. The number of carbonyl (C=O) groups is 1. The van der Waals surface area contributed by atoms with Crippen LogP contribution < -0.4 is 5.32 Å². The second-order valence-corrected chi connectivity index (χ2v) is 3.98. The molecule has 2 rings (SSSR count). The minimum absolute atomic E-state index is 0.0769. The van der Waals surface area contributed by atoms with E-state index in [1.165, 1.54) is 36.4 Å². The maximum atomic E-state index is 13.5. The molecule has 18 heavy (non-hydrogen) atoms. The molecule has 1 amide bonds. The van der Waals surface area contributed by atoms with Gasteiger partial charge in [0.2, 0.25) is 0 Å². The van der Waals surface area contributed by atoms with E-state index in [1.807, 2.05) is 0 Å². The van der Waals surface area contributed by atoms with Crippen molar-refractivity contribution in [3.8, 4) is 5.75 Å². The Balaban J connectivity index is 2.18. The van der Waals surface area contributed by atoms with Gasteiger partial charge in [-0.1, -0.05) is 6.07 Å². The van der Waals surface area contributed by atoms with E-state index in [-0.39, 0.29) is 11.4 Å². The van der Waals surface area contributed by atoms with Crippen molar-refractivity contribution in [2.75, 3.05) is 5.32 Å². The van der Waals surface area contributed by atoms with Crippen LogP contribution in [0.4, 0.5) is 10.1 Å². The molecule has 0 fully saturated rings. The van der Waals surface area contributed by atoms with Crippen LogP contribution in [0, 0.1) is 12.7 Å². The molecule has 0 aliphatic heterocycles. The van der Waals surface area contributed by atoms with Crippen LogP contribution in [0.15, 0.2) is 42.5 Å².